The lowest BCUT2D eigenvalue weighted by molar-refractivity contribution is -0.158. The molecule has 1 fully saturated rings. The van der Waals surface area contributed by atoms with Crippen LogP contribution in [0.1, 0.15) is 40.0 Å². The maximum atomic E-state index is 11.3. The molecule has 1 unspecified atom stereocenters. The molecule has 0 bridgehead atoms. The highest BCUT2D eigenvalue weighted by Crippen LogP contribution is 2.62. The van der Waals surface area contributed by atoms with E-state index in [1.54, 1.807) is 0 Å². The predicted octanol–water partition coefficient (Wildman–Crippen LogP) is 1.74. The van der Waals surface area contributed by atoms with Gasteiger partial charge in [-0.3, -0.25) is 0 Å². The number of methoxy groups -OCH3 is 1. The molecule has 1 rings (SSSR count). The zero-order valence-electron chi connectivity index (χ0n) is 9.46. The topological polar surface area (TPSA) is 46.5 Å². The van der Waals surface area contributed by atoms with Crippen molar-refractivity contribution in [2.45, 2.75) is 46.1 Å². The lowest BCUT2D eigenvalue weighted by Crippen LogP contribution is -2.41. The summed E-state index contributed by atoms with van der Waals surface area (Å²) in [7, 11) is 1.32. The summed E-state index contributed by atoms with van der Waals surface area (Å²) < 4.78 is 4.59. The van der Waals surface area contributed by atoms with Crippen LogP contribution < -0.4 is 0 Å². The first-order valence-corrected chi connectivity index (χ1v) is 5.17. The molecule has 1 N–H and O–H groups in total. The third-order valence-electron chi connectivity index (χ3n) is 3.97. The second-order valence-electron chi connectivity index (χ2n) is 4.82. The molecule has 14 heavy (non-hydrogen) atoms. The van der Waals surface area contributed by atoms with E-state index in [9.17, 15) is 9.90 Å². The number of hydrogen-bond acceptors (Lipinski definition) is 3. The van der Waals surface area contributed by atoms with Gasteiger partial charge >= 0.3 is 5.97 Å². The number of hydrogen-bond donors (Lipinski definition) is 1. The SMILES string of the molecule is CCC(C)(C)C1(C(O)C(=O)OC)CC1. The van der Waals surface area contributed by atoms with Gasteiger partial charge in [0.1, 0.15) is 0 Å². The van der Waals surface area contributed by atoms with Crippen LogP contribution in [0.25, 0.3) is 0 Å². The van der Waals surface area contributed by atoms with Crippen LogP contribution in [-0.4, -0.2) is 24.3 Å². The van der Waals surface area contributed by atoms with Crippen LogP contribution in [0.4, 0.5) is 0 Å². The van der Waals surface area contributed by atoms with Crippen molar-refractivity contribution in [3.05, 3.63) is 0 Å². The number of aliphatic hydroxyl groups is 1. The van der Waals surface area contributed by atoms with E-state index in [0.29, 0.717) is 0 Å². The standard InChI is InChI=1S/C11H20O3/c1-5-10(2,3)11(6-7-11)8(12)9(13)14-4/h8,12H,5-7H2,1-4H3. The van der Waals surface area contributed by atoms with Crippen molar-refractivity contribution >= 4 is 5.97 Å². The average Bonchev–Trinajstić information content (AvgIpc) is 2.96. The fourth-order valence-corrected chi connectivity index (χ4v) is 2.14. The van der Waals surface area contributed by atoms with Crippen molar-refractivity contribution in [3.63, 3.8) is 0 Å². The highest BCUT2D eigenvalue weighted by molar-refractivity contribution is 5.76. The highest BCUT2D eigenvalue weighted by atomic mass is 16.5. The molecule has 0 aromatic heterocycles. The van der Waals surface area contributed by atoms with Gasteiger partial charge in [0.05, 0.1) is 7.11 Å². The van der Waals surface area contributed by atoms with Gasteiger partial charge in [-0.05, 0) is 18.3 Å². The van der Waals surface area contributed by atoms with E-state index in [-0.39, 0.29) is 10.8 Å². The fourth-order valence-electron chi connectivity index (χ4n) is 2.14. The molecule has 0 saturated heterocycles. The third-order valence-corrected chi connectivity index (χ3v) is 3.97. The molecule has 1 atom stereocenters. The minimum Gasteiger partial charge on any atom is -0.467 e. The van der Waals surface area contributed by atoms with E-state index < -0.39 is 12.1 Å². The smallest absolute Gasteiger partial charge is 0.335 e. The van der Waals surface area contributed by atoms with Gasteiger partial charge in [0.15, 0.2) is 6.10 Å². The van der Waals surface area contributed by atoms with E-state index in [1.807, 2.05) is 0 Å². The third kappa shape index (κ3) is 1.54. The van der Waals surface area contributed by atoms with Gasteiger partial charge in [-0.1, -0.05) is 27.2 Å². The Labute approximate surface area is 85.5 Å². The first-order valence-electron chi connectivity index (χ1n) is 5.17. The Morgan fingerprint density at radius 1 is 1.57 bits per heavy atom. The van der Waals surface area contributed by atoms with Crippen LogP contribution in [0.5, 0.6) is 0 Å². The van der Waals surface area contributed by atoms with Gasteiger partial charge in [-0.15, -0.1) is 0 Å². The number of rotatable bonds is 4. The molecular formula is C11H20O3. The van der Waals surface area contributed by atoms with Crippen molar-refractivity contribution < 1.29 is 14.6 Å². The Bertz CT molecular complexity index is 229. The van der Waals surface area contributed by atoms with Gasteiger partial charge < -0.3 is 9.84 Å². The zero-order valence-corrected chi connectivity index (χ0v) is 9.46. The van der Waals surface area contributed by atoms with E-state index in [1.165, 1.54) is 7.11 Å². The summed E-state index contributed by atoms with van der Waals surface area (Å²) in [6.07, 6.45) is 1.84. The maximum absolute atomic E-state index is 11.3. The number of esters is 1. The Balaban J connectivity index is 2.81. The number of carbonyl (C=O) groups excluding carboxylic acids is 1. The molecule has 0 heterocycles. The van der Waals surface area contributed by atoms with Gasteiger partial charge in [0.25, 0.3) is 0 Å². The average molecular weight is 200 g/mol. The Morgan fingerprint density at radius 2 is 2.07 bits per heavy atom. The number of carbonyl (C=O) groups is 1. The molecule has 1 aliphatic carbocycles. The van der Waals surface area contributed by atoms with Crippen molar-refractivity contribution in [2.75, 3.05) is 7.11 Å². The van der Waals surface area contributed by atoms with Crippen molar-refractivity contribution in [2.24, 2.45) is 10.8 Å². The summed E-state index contributed by atoms with van der Waals surface area (Å²) in [5.41, 5.74) is -0.241. The Morgan fingerprint density at radius 3 is 2.36 bits per heavy atom. The first-order chi connectivity index (χ1) is 6.41. The zero-order chi connectivity index (χ0) is 11.0. The van der Waals surface area contributed by atoms with Crippen molar-refractivity contribution in [1.82, 2.24) is 0 Å². The molecule has 3 nitrogen and oxygen atoms in total. The molecule has 0 spiro atoms. The van der Waals surface area contributed by atoms with Crippen LogP contribution in [0.15, 0.2) is 0 Å². The van der Waals surface area contributed by atoms with Crippen molar-refractivity contribution in [3.8, 4) is 0 Å². The summed E-state index contributed by atoms with van der Waals surface area (Å²) in [6.45, 7) is 6.29. The molecule has 0 amide bonds. The quantitative estimate of drug-likeness (QED) is 0.703. The summed E-state index contributed by atoms with van der Waals surface area (Å²) in [5.74, 6) is -0.496. The first kappa shape index (κ1) is 11.5. The normalized spacial score (nSPS) is 21.5. The van der Waals surface area contributed by atoms with E-state index in [2.05, 4.69) is 25.5 Å². The number of ether oxygens (including phenoxy) is 1. The van der Waals surface area contributed by atoms with E-state index >= 15 is 0 Å². The molecule has 0 radical (unpaired) electrons. The van der Waals surface area contributed by atoms with Crippen LogP contribution in [0.2, 0.25) is 0 Å². The summed E-state index contributed by atoms with van der Waals surface area (Å²) in [4.78, 5) is 11.3. The largest absolute Gasteiger partial charge is 0.467 e. The molecule has 82 valence electrons. The van der Waals surface area contributed by atoms with E-state index in [4.69, 9.17) is 0 Å². The molecule has 0 aromatic carbocycles. The summed E-state index contributed by atoms with van der Waals surface area (Å²) >= 11 is 0. The van der Waals surface area contributed by atoms with Crippen LogP contribution in [0.3, 0.4) is 0 Å². The minimum absolute atomic E-state index is 0.000602. The fraction of sp³-hybridized carbons (Fsp3) is 0.909. The minimum atomic E-state index is -0.956. The van der Waals surface area contributed by atoms with Crippen LogP contribution in [-0.2, 0) is 9.53 Å². The van der Waals surface area contributed by atoms with E-state index in [0.717, 1.165) is 19.3 Å². The second kappa shape index (κ2) is 3.54. The molecular weight excluding hydrogens is 180 g/mol. The lowest BCUT2D eigenvalue weighted by Gasteiger charge is -2.36. The predicted molar refractivity (Wildman–Crippen MR) is 53.8 cm³/mol. The van der Waals surface area contributed by atoms with Crippen LogP contribution in [0, 0.1) is 10.8 Å². The Kier molecular flexibility index (Phi) is 2.91. The molecule has 1 saturated carbocycles. The van der Waals surface area contributed by atoms with Gasteiger partial charge in [0, 0.05) is 5.41 Å². The maximum Gasteiger partial charge on any atom is 0.335 e. The molecule has 3 heteroatoms. The monoisotopic (exact) mass is 200 g/mol. The molecule has 1 aliphatic rings. The lowest BCUT2D eigenvalue weighted by atomic mass is 9.70. The number of aliphatic hydroxyl groups excluding tert-OH is 1. The van der Waals surface area contributed by atoms with Gasteiger partial charge in [-0.2, -0.15) is 0 Å². The summed E-state index contributed by atoms with van der Waals surface area (Å²) in [6, 6.07) is 0. The van der Waals surface area contributed by atoms with Crippen molar-refractivity contribution in [1.29, 1.82) is 0 Å². The molecule has 0 aliphatic heterocycles. The van der Waals surface area contributed by atoms with Crippen LogP contribution >= 0.6 is 0 Å². The van der Waals surface area contributed by atoms with Gasteiger partial charge in [-0.25, -0.2) is 4.79 Å². The second-order valence-corrected chi connectivity index (χ2v) is 4.82. The summed E-state index contributed by atoms with van der Waals surface area (Å²) in [5, 5.41) is 9.90. The Hall–Kier alpha value is -0.570. The van der Waals surface area contributed by atoms with Gasteiger partial charge in [0.2, 0.25) is 0 Å². The molecule has 0 aromatic rings. The highest BCUT2D eigenvalue weighted by Gasteiger charge is 2.60.